The van der Waals surface area contributed by atoms with Gasteiger partial charge in [-0.25, -0.2) is 9.67 Å². The number of nitrogens with one attached hydrogen (secondary N) is 1. The molecule has 1 fully saturated rings. The lowest BCUT2D eigenvalue weighted by Gasteiger charge is -2.32. The Morgan fingerprint density at radius 3 is 2.90 bits per heavy atom. The topological polar surface area (TPSA) is 96.8 Å². The minimum atomic E-state index is -0.314. The summed E-state index contributed by atoms with van der Waals surface area (Å²) in [6.07, 6.45) is 2.28. The molecule has 1 aliphatic rings. The van der Waals surface area contributed by atoms with Gasteiger partial charge in [0, 0.05) is 30.5 Å². The van der Waals surface area contributed by atoms with Crippen LogP contribution in [-0.2, 0) is 11.3 Å². The van der Waals surface area contributed by atoms with Gasteiger partial charge in [0.25, 0.3) is 5.56 Å². The lowest BCUT2D eigenvalue weighted by molar-refractivity contribution is -0.133. The number of nitrogens with zero attached hydrogens (tertiary/aromatic N) is 5. The van der Waals surface area contributed by atoms with Crippen LogP contribution in [-0.4, -0.2) is 48.9 Å². The number of aromatic nitrogens is 5. The molecule has 0 spiro atoms. The van der Waals surface area contributed by atoms with Crippen molar-refractivity contribution in [3.05, 3.63) is 51.0 Å². The average molecular weight is 429 g/mol. The molecule has 1 amide bonds. The first-order valence-electron chi connectivity index (χ1n) is 10.3. The van der Waals surface area contributed by atoms with Crippen LogP contribution in [0, 0.1) is 5.92 Å². The third kappa shape index (κ3) is 4.23. The van der Waals surface area contributed by atoms with Crippen molar-refractivity contribution in [2.45, 2.75) is 45.6 Å². The second kappa shape index (κ2) is 8.55. The molecular weight excluding hydrogens is 404 g/mol. The zero-order valence-electron chi connectivity index (χ0n) is 17.1. The van der Waals surface area contributed by atoms with Crippen LogP contribution in [0.3, 0.4) is 0 Å². The van der Waals surface area contributed by atoms with Gasteiger partial charge >= 0.3 is 0 Å². The molecule has 0 radical (unpaired) electrons. The van der Waals surface area contributed by atoms with E-state index in [4.69, 9.17) is 16.6 Å². The van der Waals surface area contributed by atoms with Crippen LogP contribution in [0.15, 0.2) is 29.1 Å². The van der Waals surface area contributed by atoms with Crippen LogP contribution < -0.4 is 5.56 Å². The van der Waals surface area contributed by atoms with Crippen molar-refractivity contribution in [3.8, 4) is 0 Å². The molecule has 1 N–H and O–H groups in total. The van der Waals surface area contributed by atoms with Gasteiger partial charge in [0.05, 0.1) is 6.54 Å². The average Bonchev–Trinajstić information content (AvgIpc) is 3.13. The van der Waals surface area contributed by atoms with Gasteiger partial charge in [-0.05, 0) is 30.4 Å². The van der Waals surface area contributed by atoms with Crippen LogP contribution in [0.4, 0.5) is 0 Å². The Balaban J connectivity index is 1.63. The van der Waals surface area contributed by atoms with E-state index in [1.165, 1.54) is 0 Å². The number of benzene rings is 1. The van der Waals surface area contributed by atoms with Crippen LogP contribution >= 0.6 is 11.6 Å². The van der Waals surface area contributed by atoms with Gasteiger partial charge in [-0.3, -0.25) is 9.59 Å². The maximum absolute atomic E-state index is 12.6. The normalized spacial score (nSPS) is 17.1. The van der Waals surface area contributed by atoms with E-state index < -0.39 is 0 Å². The summed E-state index contributed by atoms with van der Waals surface area (Å²) in [5.41, 5.74) is 1.19. The fourth-order valence-electron chi connectivity index (χ4n) is 3.88. The minimum absolute atomic E-state index is 0.0179. The Labute approximate surface area is 179 Å². The van der Waals surface area contributed by atoms with E-state index in [1.54, 1.807) is 4.68 Å². The highest BCUT2D eigenvalue weighted by Crippen LogP contribution is 2.26. The first-order chi connectivity index (χ1) is 14.4. The first-order valence-corrected chi connectivity index (χ1v) is 10.6. The quantitative estimate of drug-likeness (QED) is 0.673. The number of likely N-dealkylation sites (tertiary alicyclic amines) is 1. The molecule has 30 heavy (non-hydrogen) atoms. The fraction of sp³-hybridized carbons (Fsp3) is 0.476. The standard InChI is InChI=1S/C21H25ClN6O2/c1-13(2)10-17(29)27-9-5-7-15(11-27)19-23-20-18(21(30)24-19)25-26-28(20)12-14-6-3-4-8-16(14)22/h3-4,6,8,13,15H,5,7,9-12H2,1-2H3,(H,23,24,30)/t15-/m1/s1. The largest absolute Gasteiger partial charge is 0.342 e. The Hall–Kier alpha value is -2.74. The third-order valence-electron chi connectivity index (χ3n) is 5.41. The molecule has 158 valence electrons. The predicted molar refractivity (Wildman–Crippen MR) is 115 cm³/mol. The number of amides is 1. The molecule has 4 rings (SSSR count). The number of H-pyrrole nitrogens is 1. The van der Waals surface area contributed by atoms with Gasteiger partial charge in [0.15, 0.2) is 11.2 Å². The molecule has 0 bridgehead atoms. The summed E-state index contributed by atoms with van der Waals surface area (Å²) < 4.78 is 1.60. The number of aromatic amines is 1. The number of hydrogen-bond donors (Lipinski definition) is 1. The molecule has 2 aromatic heterocycles. The van der Waals surface area contributed by atoms with Crippen molar-refractivity contribution < 1.29 is 4.79 Å². The van der Waals surface area contributed by atoms with Gasteiger partial charge < -0.3 is 9.88 Å². The molecule has 3 heterocycles. The maximum Gasteiger partial charge on any atom is 0.281 e. The van der Waals surface area contributed by atoms with Gasteiger partial charge in [-0.1, -0.05) is 48.9 Å². The maximum atomic E-state index is 12.6. The second-order valence-corrected chi connectivity index (χ2v) is 8.65. The summed E-state index contributed by atoms with van der Waals surface area (Å²) >= 11 is 6.27. The van der Waals surface area contributed by atoms with E-state index >= 15 is 0 Å². The van der Waals surface area contributed by atoms with Gasteiger partial charge in [0.1, 0.15) is 5.82 Å². The predicted octanol–water partition coefficient (Wildman–Crippen LogP) is 2.97. The molecule has 8 nitrogen and oxygen atoms in total. The molecule has 3 aromatic rings. The molecule has 0 saturated carbocycles. The Kier molecular flexibility index (Phi) is 5.85. The van der Waals surface area contributed by atoms with Gasteiger partial charge in [0.2, 0.25) is 5.91 Å². The van der Waals surface area contributed by atoms with Crippen molar-refractivity contribution in [3.63, 3.8) is 0 Å². The van der Waals surface area contributed by atoms with E-state index in [-0.39, 0.29) is 22.9 Å². The number of carbonyl (C=O) groups excluding carboxylic acids is 1. The first kappa shape index (κ1) is 20.5. The molecule has 1 saturated heterocycles. The van der Waals surface area contributed by atoms with E-state index in [0.29, 0.717) is 41.9 Å². The molecular formula is C21H25ClN6O2. The lowest BCUT2D eigenvalue weighted by atomic mass is 9.96. The highest BCUT2D eigenvalue weighted by Gasteiger charge is 2.27. The van der Waals surface area contributed by atoms with E-state index in [9.17, 15) is 9.59 Å². The van der Waals surface area contributed by atoms with Gasteiger partial charge in [-0.15, -0.1) is 5.10 Å². The highest BCUT2D eigenvalue weighted by atomic mass is 35.5. The Bertz CT molecular complexity index is 1120. The van der Waals surface area contributed by atoms with E-state index in [0.717, 1.165) is 24.9 Å². The number of hydrogen-bond acceptors (Lipinski definition) is 5. The summed E-state index contributed by atoms with van der Waals surface area (Å²) in [4.78, 5) is 34.6. The van der Waals surface area contributed by atoms with Crippen molar-refractivity contribution in [1.82, 2.24) is 29.9 Å². The molecule has 0 aliphatic carbocycles. The Morgan fingerprint density at radius 1 is 1.33 bits per heavy atom. The number of fused-ring (bicyclic) bond motifs is 1. The number of rotatable bonds is 5. The third-order valence-corrected chi connectivity index (χ3v) is 5.78. The summed E-state index contributed by atoms with van der Waals surface area (Å²) in [5, 5.41) is 8.74. The SMILES string of the molecule is CC(C)CC(=O)N1CCC[C@@H](c2nc3c(nnn3Cc3ccccc3Cl)c(=O)[nH]2)C1. The molecule has 1 aromatic carbocycles. The number of piperidine rings is 1. The zero-order chi connectivity index (χ0) is 21.3. The van der Waals surface area contributed by atoms with E-state index in [2.05, 4.69) is 15.3 Å². The molecule has 0 unspecified atom stereocenters. The van der Waals surface area contributed by atoms with Crippen molar-refractivity contribution in [2.75, 3.05) is 13.1 Å². The summed E-state index contributed by atoms with van der Waals surface area (Å²) in [5.74, 6) is 1.04. The van der Waals surface area contributed by atoms with Crippen LogP contribution in [0.1, 0.15) is 50.4 Å². The zero-order valence-corrected chi connectivity index (χ0v) is 17.9. The molecule has 9 heteroatoms. The van der Waals surface area contributed by atoms with Crippen LogP contribution in [0.5, 0.6) is 0 Å². The van der Waals surface area contributed by atoms with Crippen LogP contribution in [0.2, 0.25) is 5.02 Å². The van der Waals surface area contributed by atoms with Crippen molar-refractivity contribution >= 4 is 28.7 Å². The summed E-state index contributed by atoms with van der Waals surface area (Å²) in [7, 11) is 0. The smallest absolute Gasteiger partial charge is 0.281 e. The minimum Gasteiger partial charge on any atom is -0.342 e. The second-order valence-electron chi connectivity index (χ2n) is 8.24. The molecule has 1 aliphatic heterocycles. The Morgan fingerprint density at radius 2 is 2.13 bits per heavy atom. The summed E-state index contributed by atoms with van der Waals surface area (Å²) in [6.45, 7) is 5.77. The van der Waals surface area contributed by atoms with Crippen LogP contribution in [0.25, 0.3) is 11.2 Å². The van der Waals surface area contributed by atoms with Crippen molar-refractivity contribution in [1.29, 1.82) is 0 Å². The summed E-state index contributed by atoms with van der Waals surface area (Å²) in [6, 6.07) is 7.48. The highest BCUT2D eigenvalue weighted by molar-refractivity contribution is 6.31. The fourth-order valence-corrected chi connectivity index (χ4v) is 4.07. The van der Waals surface area contributed by atoms with Gasteiger partial charge in [-0.2, -0.15) is 0 Å². The number of halogens is 1. The van der Waals surface area contributed by atoms with Crippen molar-refractivity contribution in [2.24, 2.45) is 5.92 Å². The monoisotopic (exact) mass is 428 g/mol. The van der Waals surface area contributed by atoms with E-state index in [1.807, 2.05) is 43.0 Å². The molecule has 1 atom stereocenters. The number of carbonyl (C=O) groups is 1. The lowest BCUT2D eigenvalue weighted by Crippen LogP contribution is -2.40.